The third-order valence-corrected chi connectivity index (χ3v) is 2.20. The highest BCUT2D eigenvalue weighted by atomic mass is 19.3. The second-order valence-corrected chi connectivity index (χ2v) is 3.53. The van der Waals surface area contributed by atoms with Gasteiger partial charge in [-0.3, -0.25) is 4.79 Å². The van der Waals surface area contributed by atoms with Crippen molar-refractivity contribution in [2.45, 2.75) is 6.43 Å². The van der Waals surface area contributed by atoms with E-state index in [-0.39, 0.29) is 12.3 Å². The highest BCUT2D eigenvalue weighted by Gasteiger charge is 2.22. The van der Waals surface area contributed by atoms with Crippen molar-refractivity contribution in [2.24, 2.45) is 0 Å². The van der Waals surface area contributed by atoms with Gasteiger partial charge >= 0.3 is 0 Å². The van der Waals surface area contributed by atoms with Crippen LogP contribution in [-0.2, 0) is 0 Å². The number of aromatic hydroxyl groups is 1. The van der Waals surface area contributed by atoms with Gasteiger partial charge < -0.3 is 15.1 Å². The molecule has 0 aromatic heterocycles. The van der Waals surface area contributed by atoms with Gasteiger partial charge in [0.1, 0.15) is 11.6 Å². The summed E-state index contributed by atoms with van der Waals surface area (Å²) >= 11 is 0. The lowest BCUT2D eigenvalue weighted by Gasteiger charge is -2.21. The Balaban J connectivity index is 2.94. The van der Waals surface area contributed by atoms with E-state index >= 15 is 0 Å². The van der Waals surface area contributed by atoms with Crippen molar-refractivity contribution < 1.29 is 28.2 Å². The topological polar surface area (TPSA) is 60.8 Å². The summed E-state index contributed by atoms with van der Waals surface area (Å²) < 4.78 is 37.9. The van der Waals surface area contributed by atoms with Gasteiger partial charge in [-0.2, -0.15) is 0 Å². The SMILES string of the molecule is O=C(c1ccc(O)cc1F)N(CCO)CC(F)F. The molecule has 0 fully saturated rings. The standard InChI is InChI=1S/C11H12F3NO3/c12-9-5-7(17)1-2-8(9)11(18)15(3-4-16)6-10(13)14/h1-2,5,10,16-17H,3-4,6H2. The number of halogens is 3. The van der Waals surface area contributed by atoms with Gasteiger partial charge in [-0.05, 0) is 12.1 Å². The molecule has 1 rings (SSSR count). The fourth-order valence-corrected chi connectivity index (χ4v) is 1.41. The Kier molecular flexibility index (Phi) is 4.96. The number of rotatable bonds is 5. The first-order chi connectivity index (χ1) is 8.45. The zero-order valence-corrected chi connectivity index (χ0v) is 9.31. The van der Waals surface area contributed by atoms with E-state index in [1.807, 2.05) is 0 Å². The zero-order chi connectivity index (χ0) is 13.7. The first kappa shape index (κ1) is 14.3. The fraction of sp³-hybridized carbons (Fsp3) is 0.364. The van der Waals surface area contributed by atoms with E-state index in [0.717, 1.165) is 12.1 Å². The smallest absolute Gasteiger partial charge is 0.257 e. The Morgan fingerprint density at radius 2 is 2.06 bits per heavy atom. The molecule has 0 bridgehead atoms. The highest BCUT2D eigenvalue weighted by Crippen LogP contribution is 2.17. The van der Waals surface area contributed by atoms with Crippen LogP contribution in [-0.4, -0.2) is 47.1 Å². The fourth-order valence-electron chi connectivity index (χ4n) is 1.41. The summed E-state index contributed by atoms with van der Waals surface area (Å²) in [7, 11) is 0. The first-order valence-corrected chi connectivity index (χ1v) is 5.12. The summed E-state index contributed by atoms with van der Waals surface area (Å²) in [6.07, 6.45) is -2.78. The minimum Gasteiger partial charge on any atom is -0.508 e. The van der Waals surface area contributed by atoms with Crippen LogP contribution in [0.25, 0.3) is 0 Å². The van der Waals surface area contributed by atoms with Gasteiger partial charge in [-0.15, -0.1) is 0 Å². The number of aliphatic hydroxyl groups excluding tert-OH is 1. The van der Waals surface area contributed by atoms with Gasteiger partial charge in [0.15, 0.2) is 0 Å². The van der Waals surface area contributed by atoms with Crippen molar-refractivity contribution in [3.05, 3.63) is 29.6 Å². The summed E-state index contributed by atoms with van der Waals surface area (Å²) in [5.74, 6) is -2.33. The third-order valence-electron chi connectivity index (χ3n) is 2.20. The van der Waals surface area contributed by atoms with E-state index in [1.165, 1.54) is 0 Å². The van der Waals surface area contributed by atoms with Gasteiger partial charge in [0.25, 0.3) is 12.3 Å². The van der Waals surface area contributed by atoms with Gasteiger partial charge in [-0.25, -0.2) is 13.2 Å². The molecule has 1 amide bonds. The molecule has 0 aliphatic heterocycles. The van der Waals surface area contributed by atoms with Crippen LogP contribution >= 0.6 is 0 Å². The second kappa shape index (κ2) is 6.25. The molecule has 0 atom stereocenters. The Bertz CT molecular complexity index is 426. The van der Waals surface area contributed by atoms with Crippen molar-refractivity contribution in [1.29, 1.82) is 0 Å². The van der Waals surface area contributed by atoms with Gasteiger partial charge in [0, 0.05) is 12.6 Å². The number of benzene rings is 1. The molecule has 1 aromatic carbocycles. The number of amides is 1. The third kappa shape index (κ3) is 3.63. The molecular weight excluding hydrogens is 251 g/mol. The number of phenols is 1. The molecule has 2 N–H and O–H groups in total. The molecule has 0 heterocycles. The van der Waals surface area contributed by atoms with E-state index in [0.29, 0.717) is 11.0 Å². The Hall–Kier alpha value is -1.76. The lowest BCUT2D eigenvalue weighted by Crippen LogP contribution is -2.37. The van der Waals surface area contributed by atoms with Crippen LogP contribution in [0.4, 0.5) is 13.2 Å². The van der Waals surface area contributed by atoms with Gasteiger partial charge in [-0.1, -0.05) is 0 Å². The van der Waals surface area contributed by atoms with Crippen LogP contribution in [0, 0.1) is 5.82 Å². The molecule has 7 heteroatoms. The Labute approximate surface area is 101 Å². The molecule has 0 aliphatic rings. The molecule has 0 unspecified atom stereocenters. The van der Waals surface area contributed by atoms with Crippen molar-refractivity contribution in [2.75, 3.05) is 19.7 Å². The van der Waals surface area contributed by atoms with E-state index in [2.05, 4.69) is 0 Å². The lowest BCUT2D eigenvalue weighted by atomic mass is 10.1. The van der Waals surface area contributed by atoms with Crippen LogP contribution in [0.2, 0.25) is 0 Å². The maximum Gasteiger partial charge on any atom is 0.257 e. The quantitative estimate of drug-likeness (QED) is 0.840. The van der Waals surface area contributed by atoms with Crippen LogP contribution in [0.1, 0.15) is 10.4 Å². The maximum absolute atomic E-state index is 13.4. The average Bonchev–Trinajstić information content (AvgIpc) is 2.27. The normalized spacial score (nSPS) is 10.7. The predicted molar refractivity (Wildman–Crippen MR) is 57.1 cm³/mol. The number of carbonyl (C=O) groups is 1. The van der Waals surface area contributed by atoms with E-state index in [9.17, 15) is 18.0 Å². The average molecular weight is 263 g/mol. The number of hydrogen-bond donors (Lipinski definition) is 2. The summed E-state index contributed by atoms with van der Waals surface area (Å²) in [5.41, 5.74) is -0.429. The monoisotopic (exact) mass is 263 g/mol. The first-order valence-electron chi connectivity index (χ1n) is 5.12. The van der Waals surface area contributed by atoms with Crippen LogP contribution in [0.5, 0.6) is 5.75 Å². The van der Waals surface area contributed by atoms with Crippen molar-refractivity contribution in [3.63, 3.8) is 0 Å². The minimum atomic E-state index is -2.78. The number of aliphatic hydroxyl groups is 1. The molecule has 1 aromatic rings. The van der Waals surface area contributed by atoms with Crippen LogP contribution in [0.15, 0.2) is 18.2 Å². The van der Waals surface area contributed by atoms with Crippen LogP contribution < -0.4 is 0 Å². The zero-order valence-electron chi connectivity index (χ0n) is 9.31. The van der Waals surface area contributed by atoms with E-state index in [1.54, 1.807) is 0 Å². The van der Waals surface area contributed by atoms with Crippen molar-refractivity contribution in [3.8, 4) is 5.75 Å². The molecule has 100 valence electrons. The molecular formula is C11H12F3NO3. The predicted octanol–water partition coefficient (Wildman–Crippen LogP) is 1.23. The summed E-state index contributed by atoms with van der Waals surface area (Å²) in [4.78, 5) is 12.4. The van der Waals surface area contributed by atoms with Crippen molar-refractivity contribution in [1.82, 2.24) is 4.90 Å². The van der Waals surface area contributed by atoms with E-state index < -0.39 is 36.9 Å². The molecule has 4 nitrogen and oxygen atoms in total. The number of phenolic OH excluding ortho intramolecular Hbond substituents is 1. The Morgan fingerprint density at radius 3 is 2.56 bits per heavy atom. The maximum atomic E-state index is 13.4. The molecule has 0 spiro atoms. The molecule has 0 radical (unpaired) electrons. The molecule has 0 aliphatic carbocycles. The van der Waals surface area contributed by atoms with Crippen molar-refractivity contribution >= 4 is 5.91 Å². The Morgan fingerprint density at radius 1 is 1.39 bits per heavy atom. The van der Waals surface area contributed by atoms with Crippen LogP contribution in [0.3, 0.4) is 0 Å². The van der Waals surface area contributed by atoms with E-state index in [4.69, 9.17) is 10.2 Å². The largest absolute Gasteiger partial charge is 0.508 e. The summed E-state index contributed by atoms with van der Waals surface area (Å²) in [5, 5.41) is 17.7. The molecule has 18 heavy (non-hydrogen) atoms. The van der Waals surface area contributed by atoms with Gasteiger partial charge in [0.2, 0.25) is 0 Å². The van der Waals surface area contributed by atoms with Gasteiger partial charge in [0.05, 0.1) is 18.7 Å². The summed E-state index contributed by atoms with van der Waals surface area (Å²) in [6, 6.07) is 2.80. The highest BCUT2D eigenvalue weighted by molar-refractivity contribution is 5.94. The molecule has 0 saturated carbocycles. The second-order valence-electron chi connectivity index (χ2n) is 3.53. The molecule has 0 saturated heterocycles. The number of carbonyl (C=O) groups excluding carboxylic acids is 1. The number of hydrogen-bond acceptors (Lipinski definition) is 3. The minimum absolute atomic E-state index is 0.316. The summed E-state index contributed by atoms with van der Waals surface area (Å²) in [6.45, 7) is -1.71. The lowest BCUT2D eigenvalue weighted by molar-refractivity contribution is 0.0505. The number of alkyl halides is 2. The number of nitrogens with zero attached hydrogens (tertiary/aromatic N) is 1.